The van der Waals surface area contributed by atoms with E-state index in [2.05, 4.69) is 5.32 Å². The van der Waals surface area contributed by atoms with E-state index in [4.69, 9.17) is 10.5 Å². The standard InChI is InChI=1S/C10H18N2O2/c1-2-3-4-5-12-10(13)8-6-14-7-9(8)11/h2-3,8-9H,4-7,11H2,1H3,(H,12,13)/b3-2+. The molecule has 1 aliphatic heterocycles. The maximum atomic E-state index is 11.5. The predicted molar refractivity (Wildman–Crippen MR) is 54.7 cm³/mol. The van der Waals surface area contributed by atoms with Crippen LogP contribution in [0.1, 0.15) is 13.3 Å². The van der Waals surface area contributed by atoms with Gasteiger partial charge in [0.1, 0.15) is 0 Å². The van der Waals surface area contributed by atoms with Gasteiger partial charge < -0.3 is 15.8 Å². The van der Waals surface area contributed by atoms with Crippen LogP contribution in [0, 0.1) is 5.92 Å². The number of carbonyl (C=O) groups is 1. The molecule has 0 radical (unpaired) electrons. The smallest absolute Gasteiger partial charge is 0.227 e. The van der Waals surface area contributed by atoms with E-state index in [9.17, 15) is 4.79 Å². The fraction of sp³-hybridized carbons (Fsp3) is 0.700. The molecule has 1 saturated heterocycles. The molecule has 1 heterocycles. The number of amides is 1. The Morgan fingerprint density at radius 2 is 2.43 bits per heavy atom. The average Bonchev–Trinajstić information content (AvgIpc) is 2.59. The molecule has 0 aliphatic carbocycles. The van der Waals surface area contributed by atoms with Gasteiger partial charge in [-0.2, -0.15) is 0 Å². The number of carbonyl (C=O) groups excluding carboxylic acids is 1. The Balaban J connectivity index is 2.20. The topological polar surface area (TPSA) is 64.3 Å². The fourth-order valence-corrected chi connectivity index (χ4v) is 1.42. The molecule has 1 rings (SSSR count). The Labute approximate surface area is 84.5 Å². The first kappa shape index (κ1) is 11.2. The zero-order valence-electron chi connectivity index (χ0n) is 8.53. The van der Waals surface area contributed by atoms with Crippen molar-refractivity contribution in [1.82, 2.24) is 5.32 Å². The van der Waals surface area contributed by atoms with E-state index >= 15 is 0 Å². The Bertz CT molecular complexity index is 216. The van der Waals surface area contributed by atoms with Crippen molar-refractivity contribution in [2.24, 2.45) is 11.7 Å². The molecule has 0 aromatic carbocycles. The van der Waals surface area contributed by atoms with Crippen LogP contribution in [0.15, 0.2) is 12.2 Å². The molecular weight excluding hydrogens is 180 g/mol. The minimum atomic E-state index is -0.166. The van der Waals surface area contributed by atoms with E-state index in [1.807, 2.05) is 19.1 Å². The molecule has 3 N–H and O–H groups in total. The third-order valence-electron chi connectivity index (χ3n) is 2.31. The number of hydrogen-bond donors (Lipinski definition) is 2. The Morgan fingerprint density at radius 3 is 3.00 bits per heavy atom. The van der Waals surface area contributed by atoms with E-state index in [0.717, 1.165) is 6.42 Å². The van der Waals surface area contributed by atoms with Crippen LogP contribution in [0.5, 0.6) is 0 Å². The summed E-state index contributed by atoms with van der Waals surface area (Å²) in [6.07, 6.45) is 4.85. The Morgan fingerprint density at radius 1 is 1.64 bits per heavy atom. The highest BCUT2D eigenvalue weighted by molar-refractivity contribution is 5.79. The first-order valence-corrected chi connectivity index (χ1v) is 4.98. The SMILES string of the molecule is C/C=C/CCNC(=O)C1COCC1N. The van der Waals surface area contributed by atoms with Gasteiger partial charge in [0.05, 0.1) is 19.1 Å². The highest BCUT2D eigenvalue weighted by atomic mass is 16.5. The lowest BCUT2D eigenvalue weighted by Gasteiger charge is -2.12. The molecule has 2 atom stereocenters. The summed E-state index contributed by atoms with van der Waals surface area (Å²) in [6.45, 7) is 3.58. The molecule has 0 spiro atoms. The number of hydrogen-bond acceptors (Lipinski definition) is 3. The van der Waals surface area contributed by atoms with Gasteiger partial charge in [0.15, 0.2) is 0 Å². The molecule has 4 nitrogen and oxygen atoms in total. The van der Waals surface area contributed by atoms with Gasteiger partial charge in [-0.15, -0.1) is 0 Å². The van der Waals surface area contributed by atoms with Gasteiger partial charge >= 0.3 is 0 Å². The maximum absolute atomic E-state index is 11.5. The monoisotopic (exact) mass is 198 g/mol. The molecule has 0 saturated carbocycles. The van der Waals surface area contributed by atoms with Crippen LogP contribution < -0.4 is 11.1 Å². The summed E-state index contributed by atoms with van der Waals surface area (Å²) in [4.78, 5) is 11.5. The van der Waals surface area contributed by atoms with Crippen LogP contribution in [0.2, 0.25) is 0 Å². The number of rotatable bonds is 4. The van der Waals surface area contributed by atoms with Crippen molar-refractivity contribution in [2.45, 2.75) is 19.4 Å². The second kappa shape index (κ2) is 5.78. The average molecular weight is 198 g/mol. The second-order valence-electron chi connectivity index (χ2n) is 3.46. The van der Waals surface area contributed by atoms with Gasteiger partial charge in [-0.3, -0.25) is 4.79 Å². The molecular formula is C10H18N2O2. The zero-order valence-corrected chi connectivity index (χ0v) is 8.53. The first-order valence-electron chi connectivity index (χ1n) is 4.98. The van der Waals surface area contributed by atoms with Gasteiger partial charge in [-0.1, -0.05) is 12.2 Å². The molecule has 2 unspecified atom stereocenters. The molecule has 0 aromatic rings. The third kappa shape index (κ3) is 3.12. The molecule has 1 amide bonds. The lowest BCUT2D eigenvalue weighted by atomic mass is 10.0. The van der Waals surface area contributed by atoms with Gasteiger partial charge in [-0.05, 0) is 13.3 Å². The molecule has 1 fully saturated rings. The molecule has 0 aromatic heterocycles. The lowest BCUT2D eigenvalue weighted by molar-refractivity contribution is -0.125. The van der Waals surface area contributed by atoms with E-state index in [1.54, 1.807) is 0 Å². The highest BCUT2D eigenvalue weighted by Gasteiger charge is 2.30. The summed E-state index contributed by atoms with van der Waals surface area (Å²) in [5.41, 5.74) is 5.71. The predicted octanol–water partition coefficient (Wildman–Crippen LogP) is 0.0425. The van der Waals surface area contributed by atoms with Crippen LogP contribution in [-0.2, 0) is 9.53 Å². The first-order chi connectivity index (χ1) is 6.75. The van der Waals surface area contributed by atoms with Crippen LogP contribution in [-0.4, -0.2) is 31.7 Å². The lowest BCUT2D eigenvalue weighted by Crippen LogP contribution is -2.41. The largest absolute Gasteiger partial charge is 0.379 e. The summed E-state index contributed by atoms with van der Waals surface area (Å²) in [5, 5.41) is 2.84. The minimum Gasteiger partial charge on any atom is -0.379 e. The van der Waals surface area contributed by atoms with Gasteiger partial charge in [-0.25, -0.2) is 0 Å². The minimum absolute atomic E-state index is 0.0134. The van der Waals surface area contributed by atoms with Crippen molar-refractivity contribution in [2.75, 3.05) is 19.8 Å². The van der Waals surface area contributed by atoms with Crippen LogP contribution in [0.25, 0.3) is 0 Å². The van der Waals surface area contributed by atoms with E-state index in [0.29, 0.717) is 19.8 Å². The zero-order chi connectivity index (χ0) is 10.4. The van der Waals surface area contributed by atoms with Gasteiger partial charge in [0.25, 0.3) is 0 Å². The summed E-state index contributed by atoms with van der Waals surface area (Å²) < 4.78 is 5.12. The maximum Gasteiger partial charge on any atom is 0.227 e. The van der Waals surface area contributed by atoms with Crippen LogP contribution in [0.3, 0.4) is 0 Å². The van der Waals surface area contributed by atoms with Crippen LogP contribution >= 0.6 is 0 Å². The Kier molecular flexibility index (Phi) is 4.62. The van der Waals surface area contributed by atoms with Crippen molar-refractivity contribution in [1.29, 1.82) is 0 Å². The van der Waals surface area contributed by atoms with Crippen molar-refractivity contribution < 1.29 is 9.53 Å². The highest BCUT2D eigenvalue weighted by Crippen LogP contribution is 2.11. The molecule has 80 valence electrons. The van der Waals surface area contributed by atoms with Crippen molar-refractivity contribution in [3.8, 4) is 0 Å². The van der Waals surface area contributed by atoms with E-state index < -0.39 is 0 Å². The quantitative estimate of drug-likeness (QED) is 0.495. The van der Waals surface area contributed by atoms with Gasteiger partial charge in [0.2, 0.25) is 5.91 Å². The van der Waals surface area contributed by atoms with E-state index in [-0.39, 0.29) is 17.9 Å². The molecule has 4 heteroatoms. The second-order valence-corrected chi connectivity index (χ2v) is 3.46. The third-order valence-corrected chi connectivity index (χ3v) is 2.31. The van der Waals surface area contributed by atoms with E-state index in [1.165, 1.54) is 0 Å². The number of ether oxygens (including phenoxy) is 1. The van der Waals surface area contributed by atoms with Crippen molar-refractivity contribution in [3.05, 3.63) is 12.2 Å². The summed E-state index contributed by atoms with van der Waals surface area (Å²) in [7, 11) is 0. The number of allylic oxidation sites excluding steroid dienone is 1. The summed E-state index contributed by atoms with van der Waals surface area (Å²) in [5.74, 6) is -0.153. The Hall–Kier alpha value is -0.870. The normalized spacial score (nSPS) is 27.0. The molecule has 0 bridgehead atoms. The van der Waals surface area contributed by atoms with Crippen molar-refractivity contribution in [3.63, 3.8) is 0 Å². The molecule has 1 aliphatic rings. The number of nitrogens with two attached hydrogens (primary N) is 1. The summed E-state index contributed by atoms with van der Waals surface area (Å²) >= 11 is 0. The van der Waals surface area contributed by atoms with Gasteiger partial charge in [0, 0.05) is 12.6 Å². The van der Waals surface area contributed by atoms with Crippen molar-refractivity contribution >= 4 is 5.91 Å². The summed E-state index contributed by atoms with van der Waals surface area (Å²) in [6, 6.07) is -0.142. The number of nitrogens with one attached hydrogen (secondary N) is 1. The fourth-order valence-electron chi connectivity index (χ4n) is 1.42. The van der Waals surface area contributed by atoms with Crippen LogP contribution in [0.4, 0.5) is 0 Å². The molecule has 14 heavy (non-hydrogen) atoms.